The van der Waals surface area contributed by atoms with Crippen molar-refractivity contribution < 1.29 is 33.7 Å². The molecule has 0 saturated carbocycles. The van der Waals surface area contributed by atoms with Gasteiger partial charge in [-0.2, -0.15) is 0 Å². The van der Waals surface area contributed by atoms with Crippen molar-refractivity contribution in [3.63, 3.8) is 0 Å². The fraction of sp³-hybridized carbons (Fsp3) is 0.514. The van der Waals surface area contributed by atoms with Gasteiger partial charge in [0.1, 0.15) is 23.6 Å². The fourth-order valence-electron chi connectivity index (χ4n) is 5.52. The van der Waals surface area contributed by atoms with Crippen LogP contribution in [0.2, 0.25) is 0 Å². The molecular formula is C35H49N3O7. The highest BCUT2D eigenvalue weighted by molar-refractivity contribution is 5.86. The van der Waals surface area contributed by atoms with Crippen molar-refractivity contribution in [3.8, 4) is 11.5 Å². The molecule has 1 heterocycles. The van der Waals surface area contributed by atoms with Gasteiger partial charge in [-0.1, -0.05) is 56.3 Å². The number of allylic oxidation sites excluding steroid dienone is 2. The number of carbonyl (C=O) groups is 3. The van der Waals surface area contributed by atoms with Gasteiger partial charge in [0.05, 0.1) is 26.9 Å². The SMILES string of the molecule is COc1ccc(CN(C)C(=O)C2C/C=C/CCC(Cc3ccccc3)OC(=O)N[C@@H](CC(C)C)C(=O)N[C@H](CO)C2)c(OC)c1. The number of nitrogens with zero attached hydrogens (tertiary/aromatic N) is 1. The average Bonchev–Trinajstić information content (AvgIpc) is 3.02. The lowest BCUT2D eigenvalue weighted by molar-refractivity contribution is -0.135. The van der Waals surface area contributed by atoms with E-state index >= 15 is 0 Å². The number of amides is 3. The molecule has 10 heteroatoms. The summed E-state index contributed by atoms with van der Waals surface area (Å²) >= 11 is 0. The second-order valence-electron chi connectivity index (χ2n) is 12.0. The molecule has 0 bridgehead atoms. The van der Waals surface area contributed by atoms with Gasteiger partial charge in [0.25, 0.3) is 0 Å². The second-order valence-corrected chi connectivity index (χ2v) is 12.0. The number of methoxy groups -OCH3 is 2. The summed E-state index contributed by atoms with van der Waals surface area (Å²) in [4.78, 5) is 41.9. The molecule has 4 atom stereocenters. The molecule has 2 aromatic rings. The Hall–Kier alpha value is -4.05. The number of cyclic esters (lactones) is 1. The van der Waals surface area contributed by atoms with E-state index in [1.54, 1.807) is 32.2 Å². The van der Waals surface area contributed by atoms with E-state index in [0.29, 0.717) is 50.1 Å². The van der Waals surface area contributed by atoms with Gasteiger partial charge >= 0.3 is 6.09 Å². The van der Waals surface area contributed by atoms with Gasteiger partial charge in [0, 0.05) is 37.6 Å². The minimum atomic E-state index is -0.855. The number of nitrogens with one attached hydrogen (secondary N) is 2. The molecule has 10 nitrogen and oxygen atoms in total. The highest BCUT2D eigenvalue weighted by atomic mass is 16.6. The molecule has 1 aliphatic heterocycles. The Kier molecular flexibility index (Phi) is 14.2. The molecular weight excluding hydrogens is 574 g/mol. The van der Waals surface area contributed by atoms with Crippen molar-refractivity contribution in [2.24, 2.45) is 11.8 Å². The highest BCUT2D eigenvalue weighted by Crippen LogP contribution is 2.27. The molecule has 0 aliphatic carbocycles. The van der Waals surface area contributed by atoms with Gasteiger partial charge in [-0.05, 0) is 55.7 Å². The van der Waals surface area contributed by atoms with Crippen LogP contribution in [0.1, 0.15) is 57.1 Å². The summed E-state index contributed by atoms with van der Waals surface area (Å²) in [5, 5.41) is 15.9. The van der Waals surface area contributed by atoms with Crippen molar-refractivity contribution in [3.05, 3.63) is 71.8 Å². The largest absolute Gasteiger partial charge is 0.497 e. The lowest BCUT2D eigenvalue weighted by Crippen LogP contribution is -2.52. The predicted molar refractivity (Wildman–Crippen MR) is 173 cm³/mol. The molecule has 0 fully saturated rings. The Morgan fingerprint density at radius 2 is 1.82 bits per heavy atom. The maximum absolute atomic E-state index is 13.8. The number of aliphatic hydroxyl groups is 1. The molecule has 0 spiro atoms. The molecule has 3 amide bonds. The van der Waals surface area contributed by atoms with Gasteiger partial charge in [0.15, 0.2) is 0 Å². The van der Waals surface area contributed by atoms with E-state index in [-0.39, 0.29) is 24.9 Å². The van der Waals surface area contributed by atoms with Crippen LogP contribution in [0.3, 0.4) is 0 Å². The number of alkyl carbamates (subject to hydrolysis) is 1. The maximum Gasteiger partial charge on any atom is 0.408 e. The molecule has 0 saturated heterocycles. The fourth-order valence-corrected chi connectivity index (χ4v) is 5.52. The summed E-state index contributed by atoms with van der Waals surface area (Å²) in [6, 6.07) is 13.7. The topological polar surface area (TPSA) is 126 Å². The lowest BCUT2D eigenvalue weighted by atomic mass is 9.93. The van der Waals surface area contributed by atoms with Crippen LogP contribution >= 0.6 is 0 Å². The number of rotatable bonds is 10. The van der Waals surface area contributed by atoms with Crippen LogP contribution in [-0.2, 0) is 27.3 Å². The summed E-state index contributed by atoms with van der Waals surface area (Å²) in [6.07, 6.45) is 5.70. The van der Waals surface area contributed by atoms with E-state index in [1.807, 2.05) is 68.5 Å². The number of ether oxygens (including phenoxy) is 3. The minimum absolute atomic E-state index is 0.109. The molecule has 3 N–H and O–H groups in total. The summed E-state index contributed by atoms with van der Waals surface area (Å²) in [5.41, 5.74) is 1.87. The van der Waals surface area contributed by atoms with Gasteiger partial charge in [-0.3, -0.25) is 9.59 Å². The molecule has 0 radical (unpaired) electrons. The van der Waals surface area contributed by atoms with Gasteiger partial charge in [-0.15, -0.1) is 0 Å². The monoisotopic (exact) mass is 623 g/mol. The average molecular weight is 624 g/mol. The Labute approximate surface area is 267 Å². The van der Waals surface area contributed by atoms with Crippen molar-refractivity contribution in [2.45, 2.75) is 77.1 Å². The number of aliphatic hydroxyl groups excluding tert-OH is 1. The van der Waals surface area contributed by atoms with E-state index in [4.69, 9.17) is 14.2 Å². The lowest BCUT2D eigenvalue weighted by Gasteiger charge is -2.28. The Balaban J connectivity index is 1.84. The van der Waals surface area contributed by atoms with Crippen LogP contribution in [0, 0.1) is 11.8 Å². The van der Waals surface area contributed by atoms with Crippen LogP contribution < -0.4 is 20.1 Å². The van der Waals surface area contributed by atoms with E-state index in [1.165, 1.54) is 0 Å². The molecule has 246 valence electrons. The van der Waals surface area contributed by atoms with E-state index in [2.05, 4.69) is 10.6 Å². The zero-order valence-electron chi connectivity index (χ0n) is 27.2. The van der Waals surface area contributed by atoms with E-state index < -0.39 is 36.1 Å². The molecule has 2 unspecified atom stereocenters. The molecule has 1 aliphatic rings. The zero-order valence-corrected chi connectivity index (χ0v) is 27.2. The summed E-state index contributed by atoms with van der Waals surface area (Å²) in [5.74, 6) is 0.327. The van der Waals surface area contributed by atoms with Crippen molar-refractivity contribution in [2.75, 3.05) is 27.9 Å². The summed E-state index contributed by atoms with van der Waals surface area (Å²) in [6.45, 7) is 3.88. The van der Waals surface area contributed by atoms with Gasteiger partial charge < -0.3 is 34.9 Å². The number of benzene rings is 2. The maximum atomic E-state index is 13.8. The number of carbonyl (C=O) groups excluding carboxylic acids is 3. The summed E-state index contributed by atoms with van der Waals surface area (Å²) < 4.78 is 16.7. The normalized spacial score (nSPS) is 22.2. The molecule has 3 rings (SSSR count). The Morgan fingerprint density at radius 3 is 2.49 bits per heavy atom. The quantitative estimate of drug-likeness (QED) is 0.329. The Morgan fingerprint density at radius 1 is 1.07 bits per heavy atom. The first kappa shape index (κ1) is 35.4. The minimum Gasteiger partial charge on any atom is -0.497 e. The van der Waals surface area contributed by atoms with E-state index in [0.717, 1.165) is 11.1 Å². The van der Waals surface area contributed by atoms with Crippen molar-refractivity contribution in [1.29, 1.82) is 0 Å². The van der Waals surface area contributed by atoms with Crippen LogP contribution in [0.25, 0.3) is 0 Å². The number of hydrogen-bond acceptors (Lipinski definition) is 7. The highest BCUT2D eigenvalue weighted by Gasteiger charge is 2.30. The predicted octanol–water partition coefficient (Wildman–Crippen LogP) is 4.64. The third-order valence-electron chi connectivity index (χ3n) is 7.90. The van der Waals surface area contributed by atoms with Crippen molar-refractivity contribution >= 4 is 17.9 Å². The smallest absolute Gasteiger partial charge is 0.408 e. The zero-order chi connectivity index (χ0) is 32.8. The van der Waals surface area contributed by atoms with Crippen LogP contribution in [0.5, 0.6) is 11.5 Å². The first-order valence-electron chi connectivity index (χ1n) is 15.7. The van der Waals surface area contributed by atoms with Gasteiger partial charge in [-0.25, -0.2) is 4.79 Å². The van der Waals surface area contributed by atoms with Crippen LogP contribution in [0.15, 0.2) is 60.7 Å². The first-order valence-corrected chi connectivity index (χ1v) is 15.7. The first-order chi connectivity index (χ1) is 21.6. The number of hydrogen-bond donors (Lipinski definition) is 3. The Bertz CT molecular complexity index is 1270. The molecule has 0 aromatic heterocycles. The van der Waals surface area contributed by atoms with Crippen LogP contribution in [-0.4, -0.2) is 74.0 Å². The van der Waals surface area contributed by atoms with Gasteiger partial charge in [0.2, 0.25) is 11.8 Å². The third-order valence-corrected chi connectivity index (χ3v) is 7.90. The molecule has 45 heavy (non-hydrogen) atoms. The van der Waals surface area contributed by atoms with E-state index in [9.17, 15) is 19.5 Å². The van der Waals surface area contributed by atoms with Crippen molar-refractivity contribution in [1.82, 2.24) is 15.5 Å². The molecule has 2 aromatic carbocycles. The second kappa shape index (κ2) is 18.0. The van der Waals surface area contributed by atoms with Crippen LogP contribution in [0.4, 0.5) is 4.79 Å². The standard InChI is InChI=1S/C35H49N3O7/c1-24(2)18-31-33(40)36-28(23-39)20-26(34(41)38(3)22-27-16-17-29(43-4)21-32(27)44-5)14-10-7-11-15-30(45-35(42)37-31)19-25-12-8-6-9-13-25/h6-10,12-13,16-17,21,24,26,28,30-31,39H,11,14-15,18-20,22-23H2,1-5H3,(H,36,40)(H,37,42)/b10-7+/t26?,28-,30?,31-/m0/s1. The summed E-state index contributed by atoms with van der Waals surface area (Å²) in [7, 11) is 4.89. The third kappa shape index (κ3) is 11.4.